The molecule has 10 nitrogen and oxygen atoms in total. The highest BCUT2D eigenvalue weighted by Gasteiger charge is 2.18. The lowest BCUT2D eigenvalue weighted by Crippen LogP contribution is -2.33. The minimum Gasteiger partial charge on any atom is -0.508 e. The van der Waals surface area contributed by atoms with Crippen molar-refractivity contribution < 1.29 is 24.4 Å². The van der Waals surface area contributed by atoms with E-state index in [0.717, 1.165) is 0 Å². The smallest absolute Gasteiger partial charge is 0.311 e. The number of phenols is 1. The number of carbonyl (C=O) groups excluding carboxylic acids is 2. The van der Waals surface area contributed by atoms with E-state index in [1.807, 2.05) is 0 Å². The fraction of sp³-hybridized carbons (Fsp3) is 0.0800. The first-order valence-corrected chi connectivity index (χ1v) is 10.3. The third-order valence-corrected chi connectivity index (χ3v) is 4.85. The van der Waals surface area contributed by atoms with Gasteiger partial charge in [-0.25, -0.2) is 5.43 Å². The molecule has 178 valence electrons. The SMILES string of the molecule is COc1ccc(C=C(NC(=O)c2ccccc2)C(=O)NN=C(C)c2ccc(O)cc2)cc1[N+](=O)[O-]. The second-order valence-corrected chi connectivity index (χ2v) is 7.25. The van der Waals surface area contributed by atoms with Crippen LogP contribution >= 0.6 is 0 Å². The van der Waals surface area contributed by atoms with Crippen molar-refractivity contribution in [2.45, 2.75) is 6.92 Å². The molecule has 0 fully saturated rings. The average Bonchev–Trinajstić information content (AvgIpc) is 2.87. The van der Waals surface area contributed by atoms with Gasteiger partial charge >= 0.3 is 5.69 Å². The van der Waals surface area contributed by atoms with E-state index >= 15 is 0 Å². The van der Waals surface area contributed by atoms with Crippen LogP contribution in [0.3, 0.4) is 0 Å². The van der Waals surface area contributed by atoms with Crippen molar-refractivity contribution in [1.29, 1.82) is 0 Å². The van der Waals surface area contributed by atoms with Gasteiger partial charge in [0.2, 0.25) is 0 Å². The van der Waals surface area contributed by atoms with Crippen LogP contribution in [0, 0.1) is 10.1 Å². The maximum atomic E-state index is 12.9. The van der Waals surface area contributed by atoms with Crippen molar-refractivity contribution in [3.8, 4) is 11.5 Å². The molecule has 0 saturated heterocycles. The highest BCUT2D eigenvalue weighted by molar-refractivity contribution is 6.06. The van der Waals surface area contributed by atoms with Gasteiger partial charge in [0.1, 0.15) is 11.4 Å². The third-order valence-electron chi connectivity index (χ3n) is 4.85. The van der Waals surface area contributed by atoms with Gasteiger partial charge in [-0.2, -0.15) is 5.10 Å². The number of phenolic OH excluding ortho intramolecular Hbond substituents is 1. The zero-order valence-corrected chi connectivity index (χ0v) is 18.9. The normalized spacial score (nSPS) is 11.5. The molecule has 0 aliphatic heterocycles. The summed E-state index contributed by atoms with van der Waals surface area (Å²) in [6, 6.07) is 18.6. The Morgan fingerprint density at radius 2 is 1.71 bits per heavy atom. The summed E-state index contributed by atoms with van der Waals surface area (Å²) < 4.78 is 5.01. The summed E-state index contributed by atoms with van der Waals surface area (Å²) in [7, 11) is 1.31. The van der Waals surface area contributed by atoms with Crippen LogP contribution in [0.5, 0.6) is 11.5 Å². The van der Waals surface area contributed by atoms with E-state index in [1.165, 1.54) is 43.5 Å². The van der Waals surface area contributed by atoms with Crippen LogP contribution in [0.2, 0.25) is 0 Å². The number of benzene rings is 3. The van der Waals surface area contributed by atoms with E-state index in [9.17, 15) is 24.8 Å². The lowest BCUT2D eigenvalue weighted by molar-refractivity contribution is -0.385. The summed E-state index contributed by atoms with van der Waals surface area (Å²) in [5.41, 5.74) is 3.62. The number of methoxy groups -OCH3 is 1. The zero-order valence-electron chi connectivity index (χ0n) is 18.9. The fourth-order valence-electron chi connectivity index (χ4n) is 3.01. The Labute approximate surface area is 200 Å². The molecule has 0 saturated carbocycles. The first kappa shape index (κ1) is 24.6. The molecule has 3 rings (SSSR count). The predicted octanol–water partition coefficient (Wildman–Crippen LogP) is 3.62. The molecular formula is C25H22N4O6. The summed E-state index contributed by atoms with van der Waals surface area (Å²) in [4.78, 5) is 36.4. The first-order chi connectivity index (χ1) is 16.8. The first-order valence-electron chi connectivity index (χ1n) is 10.3. The fourth-order valence-corrected chi connectivity index (χ4v) is 3.01. The molecule has 0 bridgehead atoms. The highest BCUT2D eigenvalue weighted by atomic mass is 16.6. The second-order valence-electron chi connectivity index (χ2n) is 7.25. The molecule has 10 heteroatoms. The van der Waals surface area contributed by atoms with Gasteiger partial charge in [-0.05, 0) is 66.6 Å². The molecule has 0 spiro atoms. The van der Waals surface area contributed by atoms with E-state index < -0.39 is 16.7 Å². The van der Waals surface area contributed by atoms with E-state index in [2.05, 4.69) is 15.8 Å². The molecule has 0 radical (unpaired) electrons. The molecule has 2 amide bonds. The van der Waals surface area contributed by atoms with E-state index in [1.54, 1.807) is 49.4 Å². The Hall–Kier alpha value is -4.99. The van der Waals surface area contributed by atoms with Gasteiger partial charge in [0.05, 0.1) is 17.7 Å². The highest BCUT2D eigenvalue weighted by Crippen LogP contribution is 2.28. The van der Waals surface area contributed by atoms with Gasteiger partial charge in [-0.1, -0.05) is 24.3 Å². The minimum absolute atomic E-state index is 0.0561. The Morgan fingerprint density at radius 1 is 1.03 bits per heavy atom. The van der Waals surface area contributed by atoms with Crippen molar-refractivity contribution in [2.24, 2.45) is 5.10 Å². The molecule has 3 aromatic carbocycles. The maximum absolute atomic E-state index is 12.9. The standard InChI is InChI=1S/C25H22N4O6/c1-16(18-9-11-20(30)12-10-18)27-28-25(32)21(26-24(31)19-6-4-3-5-7-19)14-17-8-13-23(35-2)22(15-17)29(33)34/h3-15,30H,1-2H3,(H,26,31)(H,28,32). The number of nitrogens with one attached hydrogen (secondary N) is 2. The number of rotatable bonds is 8. The van der Waals surface area contributed by atoms with Gasteiger partial charge in [0, 0.05) is 11.6 Å². The molecule has 0 aliphatic carbocycles. The number of amides is 2. The van der Waals surface area contributed by atoms with Gasteiger partial charge in [-0.3, -0.25) is 19.7 Å². The topological polar surface area (TPSA) is 143 Å². The van der Waals surface area contributed by atoms with Crippen molar-refractivity contribution in [1.82, 2.24) is 10.7 Å². The van der Waals surface area contributed by atoms with Gasteiger partial charge in [-0.15, -0.1) is 0 Å². The molecule has 0 aromatic heterocycles. The second kappa shape index (κ2) is 11.2. The Morgan fingerprint density at radius 3 is 2.34 bits per heavy atom. The Kier molecular flexibility index (Phi) is 7.91. The van der Waals surface area contributed by atoms with E-state index in [4.69, 9.17) is 4.74 Å². The van der Waals surface area contributed by atoms with Gasteiger partial charge in [0.15, 0.2) is 5.75 Å². The number of nitrogens with zero attached hydrogens (tertiary/aromatic N) is 2. The third kappa shape index (κ3) is 6.51. The number of aromatic hydroxyl groups is 1. The predicted molar refractivity (Wildman–Crippen MR) is 130 cm³/mol. The number of hydrogen-bond donors (Lipinski definition) is 3. The van der Waals surface area contributed by atoms with Crippen molar-refractivity contribution >= 4 is 29.3 Å². The quantitative estimate of drug-likeness (QED) is 0.197. The summed E-state index contributed by atoms with van der Waals surface area (Å²) in [5, 5.41) is 27.4. The summed E-state index contributed by atoms with van der Waals surface area (Å²) in [6.07, 6.45) is 1.30. The lowest BCUT2D eigenvalue weighted by atomic mass is 10.1. The van der Waals surface area contributed by atoms with Crippen LogP contribution in [-0.4, -0.2) is 34.7 Å². The summed E-state index contributed by atoms with van der Waals surface area (Å²) in [6.45, 7) is 1.66. The molecule has 0 aliphatic rings. The summed E-state index contributed by atoms with van der Waals surface area (Å²) in [5.74, 6) is -1.14. The lowest BCUT2D eigenvalue weighted by Gasteiger charge is -2.10. The number of hydrazone groups is 1. The van der Waals surface area contributed by atoms with Crippen molar-refractivity contribution in [2.75, 3.05) is 7.11 Å². The molecular weight excluding hydrogens is 452 g/mol. The number of hydrogen-bond acceptors (Lipinski definition) is 7. The van der Waals surface area contributed by atoms with E-state index in [0.29, 0.717) is 16.8 Å². The van der Waals surface area contributed by atoms with Crippen LogP contribution < -0.4 is 15.5 Å². The van der Waals surface area contributed by atoms with Crippen LogP contribution in [0.4, 0.5) is 5.69 Å². The number of ether oxygens (including phenoxy) is 1. The molecule has 3 N–H and O–H groups in total. The largest absolute Gasteiger partial charge is 0.508 e. The monoisotopic (exact) mass is 474 g/mol. The van der Waals surface area contributed by atoms with Gasteiger partial charge in [0.25, 0.3) is 11.8 Å². The minimum atomic E-state index is -0.745. The van der Waals surface area contributed by atoms with Crippen LogP contribution in [0.25, 0.3) is 6.08 Å². The van der Waals surface area contributed by atoms with Gasteiger partial charge < -0.3 is 15.2 Å². The number of nitro groups is 1. The van der Waals surface area contributed by atoms with Crippen LogP contribution in [0.1, 0.15) is 28.4 Å². The molecule has 0 atom stereocenters. The van der Waals surface area contributed by atoms with Crippen molar-refractivity contribution in [3.63, 3.8) is 0 Å². The molecule has 3 aromatic rings. The zero-order chi connectivity index (χ0) is 25.4. The van der Waals surface area contributed by atoms with E-state index in [-0.39, 0.29) is 28.4 Å². The molecule has 0 heterocycles. The average molecular weight is 474 g/mol. The molecule has 35 heavy (non-hydrogen) atoms. The maximum Gasteiger partial charge on any atom is 0.311 e. The summed E-state index contributed by atoms with van der Waals surface area (Å²) >= 11 is 0. The Bertz CT molecular complexity index is 1300. The van der Waals surface area contributed by atoms with Crippen LogP contribution in [-0.2, 0) is 4.79 Å². The van der Waals surface area contributed by atoms with Crippen LogP contribution in [0.15, 0.2) is 83.6 Å². The molecule has 0 unspecified atom stereocenters. The number of nitro benzene ring substituents is 1. The Balaban J connectivity index is 1.93. The number of carbonyl (C=O) groups is 2. The van der Waals surface area contributed by atoms with Crippen molar-refractivity contribution in [3.05, 3.63) is 105 Å².